The Balaban J connectivity index is 2.14. The minimum Gasteiger partial charge on any atom is -0.488 e. The Labute approximate surface area is 125 Å². The van der Waals surface area contributed by atoms with Crippen LogP contribution in [0.25, 0.3) is 0 Å². The summed E-state index contributed by atoms with van der Waals surface area (Å²) in [6.07, 6.45) is 2.09. The molecular weight excluding hydrogens is 274 g/mol. The van der Waals surface area contributed by atoms with Gasteiger partial charge in [-0.15, -0.1) is 0 Å². The number of hydrogen-bond donors (Lipinski definition) is 1. The third-order valence-electron chi connectivity index (χ3n) is 3.81. The molecule has 0 atom stereocenters. The van der Waals surface area contributed by atoms with Crippen molar-refractivity contribution in [2.24, 2.45) is 0 Å². The maximum atomic E-state index is 13.4. The maximum absolute atomic E-state index is 13.4. The van der Waals surface area contributed by atoms with Gasteiger partial charge < -0.3 is 15.0 Å². The highest BCUT2D eigenvalue weighted by Crippen LogP contribution is 2.34. The summed E-state index contributed by atoms with van der Waals surface area (Å²) in [5.74, 6) is -2.17. The van der Waals surface area contributed by atoms with Gasteiger partial charge >= 0.3 is 0 Å². The second-order valence-electron chi connectivity index (χ2n) is 5.75. The Morgan fingerprint density at radius 2 is 2.00 bits per heavy atom. The highest BCUT2D eigenvalue weighted by Gasteiger charge is 2.26. The number of nitrogens with zero attached hydrogens (tertiary/aromatic N) is 1. The van der Waals surface area contributed by atoms with Crippen LogP contribution in [0.1, 0.15) is 32.3 Å². The summed E-state index contributed by atoms with van der Waals surface area (Å²) >= 11 is 0. The fraction of sp³-hybridized carbons (Fsp3) is 0.625. The number of anilines is 1. The molecule has 1 aromatic carbocycles. The Bertz CT molecular complexity index is 466. The van der Waals surface area contributed by atoms with Crippen molar-refractivity contribution in [3.05, 3.63) is 23.8 Å². The monoisotopic (exact) mass is 298 g/mol. The zero-order valence-electron chi connectivity index (χ0n) is 13.0. The topological polar surface area (TPSA) is 24.5 Å². The zero-order chi connectivity index (χ0) is 15.5. The van der Waals surface area contributed by atoms with Crippen molar-refractivity contribution in [2.45, 2.75) is 38.7 Å². The number of alkyl halides is 2. The SMILES string of the molecule is CCNc1cc(C(C)(F)F)ccc1OC1CCN(C)CC1. The van der Waals surface area contributed by atoms with Crippen molar-refractivity contribution in [1.29, 1.82) is 0 Å². The highest BCUT2D eigenvalue weighted by molar-refractivity contribution is 5.58. The van der Waals surface area contributed by atoms with Crippen molar-refractivity contribution < 1.29 is 13.5 Å². The Morgan fingerprint density at radius 1 is 1.33 bits per heavy atom. The van der Waals surface area contributed by atoms with Crippen LogP contribution in [0.2, 0.25) is 0 Å². The minimum atomic E-state index is -2.84. The summed E-state index contributed by atoms with van der Waals surface area (Å²) in [5.41, 5.74) is 0.657. The number of piperidine rings is 1. The normalized spacial score (nSPS) is 17.8. The van der Waals surface area contributed by atoms with Gasteiger partial charge in [0.1, 0.15) is 11.9 Å². The predicted octanol–water partition coefficient (Wildman–Crippen LogP) is 3.70. The lowest BCUT2D eigenvalue weighted by Crippen LogP contribution is -2.35. The lowest BCUT2D eigenvalue weighted by atomic mass is 10.1. The molecule has 1 heterocycles. The molecule has 118 valence electrons. The van der Waals surface area contributed by atoms with Crippen molar-refractivity contribution >= 4 is 5.69 Å². The van der Waals surface area contributed by atoms with E-state index in [1.807, 2.05) is 6.92 Å². The molecule has 1 fully saturated rings. The van der Waals surface area contributed by atoms with E-state index in [9.17, 15) is 8.78 Å². The van der Waals surface area contributed by atoms with Gasteiger partial charge in [-0.3, -0.25) is 0 Å². The Hall–Kier alpha value is -1.36. The predicted molar refractivity (Wildman–Crippen MR) is 81.3 cm³/mol. The molecule has 0 amide bonds. The fourth-order valence-corrected chi connectivity index (χ4v) is 2.52. The molecular formula is C16H24F2N2O. The Kier molecular flexibility index (Phi) is 5.04. The molecule has 0 aromatic heterocycles. The van der Waals surface area contributed by atoms with Crippen LogP contribution in [0.5, 0.6) is 5.75 Å². The number of ether oxygens (including phenoxy) is 1. The van der Waals surface area contributed by atoms with Gasteiger partial charge in [-0.2, -0.15) is 0 Å². The molecule has 0 aliphatic carbocycles. The molecule has 1 aromatic rings. The molecule has 0 spiro atoms. The molecule has 3 nitrogen and oxygen atoms in total. The average Bonchev–Trinajstić information content (AvgIpc) is 2.42. The summed E-state index contributed by atoms with van der Waals surface area (Å²) in [5, 5.41) is 3.12. The molecule has 1 aliphatic heterocycles. The van der Waals surface area contributed by atoms with Gasteiger partial charge in [0, 0.05) is 32.1 Å². The summed E-state index contributed by atoms with van der Waals surface area (Å²) in [6, 6.07) is 4.60. The molecule has 2 rings (SSSR count). The van der Waals surface area contributed by atoms with E-state index >= 15 is 0 Å². The molecule has 21 heavy (non-hydrogen) atoms. The van der Waals surface area contributed by atoms with E-state index < -0.39 is 5.92 Å². The first-order valence-corrected chi connectivity index (χ1v) is 7.51. The molecule has 1 saturated heterocycles. The lowest BCUT2D eigenvalue weighted by Gasteiger charge is -2.30. The first-order valence-electron chi connectivity index (χ1n) is 7.51. The van der Waals surface area contributed by atoms with Gasteiger partial charge in [0.25, 0.3) is 5.92 Å². The van der Waals surface area contributed by atoms with Crippen molar-refractivity contribution in [2.75, 3.05) is 32.0 Å². The van der Waals surface area contributed by atoms with Crippen LogP contribution in [0.15, 0.2) is 18.2 Å². The van der Waals surface area contributed by atoms with E-state index in [4.69, 9.17) is 4.74 Å². The molecule has 0 saturated carbocycles. The first kappa shape index (κ1) is 16.0. The zero-order valence-corrected chi connectivity index (χ0v) is 13.0. The lowest BCUT2D eigenvalue weighted by molar-refractivity contribution is 0.0174. The number of nitrogens with one attached hydrogen (secondary N) is 1. The van der Waals surface area contributed by atoms with E-state index in [0.29, 0.717) is 18.0 Å². The number of likely N-dealkylation sites (tertiary alicyclic amines) is 1. The number of benzene rings is 1. The molecule has 1 aliphatic rings. The number of hydrogen-bond acceptors (Lipinski definition) is 3. The molecule has 0 radical (unpaired) electrons. The third-order valence-corrected chi connectivity index (χ3v) is 3.81. The van der Waals surface area contributed by atoms with E-state index in [1.165, 1.54) is 12.1 Å². The highest BCUT2D eigenvalue weighted by atomic mass is 19.3. The van der Waals surface area contributed by atoms with Gasteiger partial charge in [-0.25, -0.2) is 8.78 Å². The van der Waals surface area contributed by atoms with E-state index in [0.717, 1.165) is 32.9 Å². The van der Waals surface area contributed by atoms with Crippen molar-refractivity contribution in [3.63, 3.8) is 0 Å². The largest absolute Gasteiger partial charge is 0.488 e. The molecule has 1 N–H and O–H groups in total. The van der Waals surface area contributed by atoms with Gasteiger partial charge in [0.2, 0.25) is 0 Å². The van der Waals surface area contributed by atoms with Crippen molar-refractivity contribution in [3.8, 4) is 5.75 Å². The van der Waals surface area contributed by atoms with Crippen molar-refractivity contribution in [1.82, 2.24) is 4.90 Å². The number of rotatable bonds is 5. The van der Waals surface area contributed by atoms with Crippen LogP contribution < -0.4 is 10.1 Å². The maximum Gasteiger partial charge on any atom is 0.270 e. The van der Waals surface area contributed by atoms with Crippen LogP contribution in [-0.4, -0.2) is 37.7 Å². The van der Waals surface area contributed by atoms with E-state index in [-0.39, 0.29) is 11.7 Å². The molecule has 0 bridgehead atoms. The van der Waals surface area contributed by atoms with Gasteiger partial charge in [-0.1, -0.05) is 0 Å². The van der Waals surface area contributed by atoms with Gasteiger partial charge in [-0.05, 0) is 45.0 Å². The van der Waals surface area contributed by atoms with Crippen LogP contribution in [-0.2, 0) is 5.92 Å². The number of halogens is 2. The quantitative estimate of drug-likeness (QED) is 0.897. The molecule has 0 unspecified atom stereocenters. The first-order chi connectivity index (χ1) is 9.90. The second kappa shape index (κ2) is 6.60. The summed E-state index contributed by atoms with van der Waals surface area (Å²) in [6.45, 7) is 5.53. The van der Waals surface area contributed by atoms with Crippen LogP contribution in [0, 0.1) is 0 Å². The van der Waals surface area contributed by atoms with E-state index in [2.05, 4.69) is 17.3 Å². The smallest absolute Gasteiger partial charge is 0.270 e. The van der Waals surface area contributed by atoms with Crippen LogP contribution in [0.3, 0.4) is 0 Å². The fourth-order valence-electron chi connectivity index (χ4n) is 2.52. The van der Waals surface area contributed by atoms with Gasteiger partial charge in [0.05, 0.1) is 5.69 Å². The average molecular weight is 298 g/mol. The Morgan fingerprint density at radius 3 is 2.57 bits per heavy atom. The van der Waals surface area contributed by atoms with Crippen LogP contribution >= 0.6 is 0 Å². The summed E-state index contributed by atoms with van der Waals surface area (Å²) in [7, 11) is 2.10. The standard InChI is InChI=1S/C16H24F2N2O/c1-4-19-14-11-12(16(2,17)18)5-6-15(14)21-13-7-9-20(3)10-8-13/h5-6,11,13,19H,4,7-10H2,1-3H3. The second-order valence-corrected chi connectivity index (χ2v) is 5.75. The van der Waals surface area contributed by atoms with Gasteiger partial charge in [0.15, 0.2) is 0 Å². The van der Waals surface area contributed by atoms with Crippen LogP contribution in [0.4, 0.5) is 14.5 Å². The molecule has 5 heteroatoms. The van der Waals surface area contributed by atoms with E-state index in [1.54, 1.807) is 6.07 Å². The minimum absolute atomic E-state index is 0.00850. The summed E-state index contributed by atoms with van der Waals surface area (Å²) in [4.78, 5) is 2.27. The third kappa shape index (κ3) is 4.30. The summed E-state index contributed by atoms with van der Waals surface area (Å²) < 4.78 is 32.9.